The molecule has 0 bridgehead atoms. The van der Waals surface area contributed by atoms with Gasteiger partial charge in [0.15, 0.2) is 0 Å². The van der Waals surface area contributed by atoms with Gasteiger partial charge in [0.1, 0.15) is 5.82 Å². The highest BCUT2D eigenvalue weighted by atomic mass is 32.2. The van der Waals surface area contributed by atoms with E-state index in [1.807, 2.05) is 16.9 Å². The average molecular weight is 338 g/mol. The van der Waals surface area contributed by atoms with Gasteiger partial charge in [-0.15, -0.1) is 0 Å². The molecule has 6 nitrogen and oxygen atoms in total. The van der Waals surface area contributed by atoms with Crippen LogP contribution in [0.5, 0.6) is 0 Å². The highest BCUT2D eigenvalue weighted by molar-refractivity contribution is 7.89. The Balaban J connectivity index is 1.57. The molecule has 3 rings (SSSR count). The Bertz CT molecular complexity index is 741. The fourth-order valence-electron chi connectivity index (χ4n) is 2.65. The van der Waals surface area contributed by atoms with Crippen molar-refractivity contribution in [3.05, 3.63) is 48.5 Å². The van der Waals surface area contributed by atoms with Gasteiger partial charge in [0.2, 0.25) is 10.0 Å². The number of hydrogen-bond donors (Lipinski definition) is 0. The summed E-state index contributed by atoms with van der Waals surface area (Å²) >= 11 is 0. The zero-order valence-corrected chi connectivity index (χ0v) is 13.5. The van der Waals surface area contributed by atoms with Crippen molar-refractivity contribution in [2.45, 2.75) is 11.4 Å². The van der Waals surface area contributed by atoms with E-state index in [0.29, 0.717) is 26.2 Å². The van der Waals surface area contributed by atoms with Crippen LogP contribution < -0.4 is 0 Å². The zero-order valence-electron chi connectivity index (χ0n) is 12.7. The van der Waals surface area contributed by atoms with Crippen LogP contribution in [-0.4, -0.2) is 60.1 Å². The van der Waals surface area contributed by atoms with Crippen molar-refractivity contribution in [1.82, 2.24) is 19.0 Å². The monoisotopic (exact) mass is 338 g/mol. The van der Waals surface area contributed by atoms with Crippen LogP contribution in [0.3, 0.4) is 0 Å². The molecule has 1 aliphatic heterocycles. The standard InChI is InChI=1S/C15H19FN4O2S/c16-14-3-1-4-15(13-14)23(21,22)20-11-8-18(9-12-20)7-10-19-6-2-5-17-19/h1-6,13H,7-12H2. The minimum Gasteiger partial charge on any atom is -0.299 e. The summed E-state index contributed by atoms with van der Waals surface area (Å²) in [5.74, 6) is -0.538. The van der Waals surface area contributed by atoms with Crippen molar-refractivity contribution >= 4 is 10.0 Å². The first-order valence-corrected chi connectivity index (χ1v) is 8.95. The second-order valence-corrected chi connectivity index (χ2v) is 7.41. The first kappa shape index (κ1) is 16.1. The van der Waals surface area contributed by atoms with E-state index < -0.39 is 15.8 Å². The van der Waals surface area contributed by atoms with Crippen molar-refractivity contribution in [1.29, 1.82) is 0 Å². The van der Waals surface area contributed by atoms with Gasteiger partial charge in [0, 0.05) is 45.1 Å². The predicted octanol–water partition coefficient (Wildman–Crippen LogP) is 1.03. The smallest absolute Gasteiger partial charge is 0.243 e. The molecule has 1 aromatic heterocycles. The van der Waals surface area contributed by atoms with Gasteiger partial charge in [-0.1, -0.05) is 6.07 Å². The molecule has 2 aromatic rings. The van der Waals surface area contributed by atoms with Crippen LogP contribution in [0.1, 0.15) is 0 Å². The number of rotatable bonds is 5. The van der Waals surface area contributed by atoms with E-state index in [2.05, 4.69) is 10.00 Å². The van der Waals surface area contributed by atoms with E-state index in [1.165, 1.54) is 22.5 Å². The lowest BCUT2D eigenvalue weighted by atomic mass is 10.3. The van der Waals surface area contributed by atoms with Crippen molar-refractivity contribution in [2.24, 2.45) is 0 Å². The third-order valence-corrected chi connectivity index (χ3v) is 5.86. The van der Waals surface area contributed by atoms with E-state index in [0.717, 1.165) is 19.2 Å². The maximum absolute atomic E-state index is 13.3. The van der Waals surface area contributed by atoms with Crippen LogP contribution in [0.2, 0.25) is 0 Å². The molecule has 0 radical (unpaired) electrons. The van der Waals surface area contributed by atoms with Crippen LogP contribution in [0, 0.1) is 5.82 Å². The summed E-state index contributed by atoms with van der Waals surface area (Å²) < 4.78 is 41.6. The third-order valence-electron chi connectivity index (χ3n) is 3.97. The number of aromatic nitrogens is 2. The molecule has 0 aliphatic carbocycles. The molecular formula is C15H19FN4O2S. The number of piperazine rings is 1. The van der Waals surface area contributed by atoms with Crippen LogP contribution in [0.25, 0.3) is 0 Å². The fraction of sp³-hybridized carbons (Fsp3) is 0.400. The van der Waals surface area contributed by atoms with E-state index in [1.54, 1.807) is 6.20 Å². The van der Waals surface area contributed by atoms with Crippen molar-refractivity contribution in [2.75, 3.05) is 32.7 Å². The Morgan fingerprint density at radius 1 is 1.09 bits per heavy atom. The molecule has 1 fully saturated rings. The minimum absolute atomic E-state index is 0.0162. The molecule has 1 aliphatic rings. The first-order chi connectivity index (χ1) is 11.1. The molecular weight excluding hydrogens is 319 g/mol. The number of halogens is 1. The SMILES string of the molecule is O=S(=O)(c1cccc(F)c1)N1CCN(CCn2cccn2)CC1. The molecule has 0 spiro atoms. The number of hydrogen-bond acceptors (Lipinski definition) is 4. The summed E-state index contributed by atoms with van der Waals surface area (Å²) in [5, 5.41) is 4.15. The molecule has 8 heteroatoms. The average Bonchev–Trinajstić information content (AvgIpc) is 3.07. The fourth-order valence-corrected chi connectivity index (χ4v) is 4.10. The Morgan fingerprint density at radius 2 is 1.87 bits per heavy atom. The Labute approximate surface area is 135 Å². The van der Waals surface area contributed by atoms with E-state index in [-0.39, 0.29) is 4.90 Å². The molecule has 0 unspecified atom stereocenters. The summed E-state index contributed by atoms with van der Waals surface area (Å²) in [7, 11) is -3.62. The summed E-state index contributed by atoms with van der Waals surface area (Å²) in [5.41, 5.74) is 0. The molecule has 1 saturated heterocycles. The molecule has 1 aromatic carbocycles. The van der Waals surface area contributed by atoms with Gasteiger partial charge in [0.25, 0.3) is 0 Å². The zero-order chi connectivity index (χ0) is 16.3. The Hall–Kier alpha value is -1.77. The van der Waals surface area contributed by atoms with Gasteiger partial charge < -0.3 is 0 Å². The number of benzene rings is 1. The first-order valence-electron chi connectivity index (χ1n) is 7.51. The molecule has 0 atom stereocenters. The van der Waals surface area contributed by atoms with E-state index in [9.17, 15) is 12.8 Å². The van der Waals surface area contributed by atoms with Gasteiger partial charge >= 0.3 is 0 Å². The van der Waals surface area contributed by atoms with E-state index in [4.69, 9.17) is 0 Å². The Kier molecular flexibility index (Phi) is 4.74. The molecule has 0 amide bonds. The lowest BCUT2D eigenvalue weighted by molar-refractivity contribution is 0.181. The van der Waals surface area contributed by atoms with Crippen LogP contribution in [0.4, 0.5) is 4.39 Å². The number of sulfonamides is 1. The second kappa shape index (κ2) is 6.77. The Morgan fingerprint density at radius 3 is 2.52 bits per heavy atom. The van der Waals surface area contributed by atoms with Gasteiger partial charge in [0.05, 0.1) is 11.4 Å². The lowest BCUT2D eigenvalue weighted by Gasteiger charge is -2.33. The quantitative estimate of drug-likeness (QED) is 0.817. The van der Waals surface area contributed by atoms with Crippen molar-refractivity contribution in [3.63, 3.8) is 0 Å². The highest BCUT2D eigenvalue weighted by Crippen LogP contribution is 2.18. The molecule has 124 valence electrons. The summed E-state index contributed by atoms with van der Waals surface area (Å²) in [6.07, 6.45) is 3.65. The van der Waals surface area contributed by atoms with Gasteiger partial charge in [-0.2, -0.15) is 9.40 Å². The van der Waals surface area contributed by atoms with Gasteiger partial charge in [-0.05, 0) is 24.3 Å². The van der Waals surface area contributed by atoms with Crippen LogP contribution in [0.15, 0.2) is 47.6 Å². The normalized spacial score (nSPS) is 17.4. The molecule has 0 N–H and O–H groups in total. The molecule has 0 saturated carbocycles. The second-order valence-electron chi connectivity index (χ2n) is 5.47. The van der Waals surface area contributed by atoms with Crippen LogP contribution >= 0.6 is 0 Å². The predicted molar refractivity (Wildman–Crippen MR) is 83.8 cm³/mol. The topological polar surface area (TPSA) is 58.4 Å². The maximum atomic E-state index is 13.3. The maximum Gasteiger partial charge on any atom is 0.243 e. The van der Waals surface area contributed by atoms with Crippen LogP contribution in [-0.2, 0) is 16.6 Å². The number of nitrogens with zero attached hydrogens (tertiary/aromatic N) is 4. The highest BCUT2D eigenvalue weighted by Gasteiger charge is 2.28. The van der Waals surface area contributed by atoms with Gasteiger partial charge in [-0.3, -0.25) is 9.58 Å². The largest absolute Gasteiger partial charge is 0.299 e. The van der Waals surface area contributed by atoms with Gasteiger partial charge in [-0.25, -0.2) is 12.8 Å². The minimum atomic E-state index is -3.62. The molecule has 23 heavy (non-hydrogen) atoms. The summed E-state index contributed by atoms with van der Waals surface area (Å²) in [6, 6.07) is 7.04. The lowest BCUT2D eigenvalue weighted by Crippen LogP contribution is -2.49. The van der Waals surface area contributed by atoms with Crippen molar-refractivity contribution < 1.29 is 12.8 Å². The summed E-state index contributed by atoms with van der Waals surface area (Å²) in [4.78, 5) is 2.22. The molecule has 2 heterocycles. The van der Waals surface area contributed by atoms with E-state index >= 15 is 0 Å². The summed E-state index contributed by atoms with van der Waals surface area (Å²) in [6.45, 7) is 3.76. The van der Waals surface area contributed by atoms with Crippen molar-refractivity contribution in [3.8, 4) is 0 Å². The third kappa shape index (κ3) is 3.77.